The quantitative estimate of drug-likeness (QED) is 0.343. The lowest BCUT2D eigenvalue weighted by Crippen LogP contribution is -2.54. The van der Waals surface area contributed by atoms with Gasteiger partial charge in [-0.3, -0.25) is 9.59 Å². The first-order chi connectivity index (χ1) is 19.0. The zero-order valence-electron chi connectivity index (χ0n) is 23.2. The fourth-order valence-corrected chi connectivity index (χ4v) is 4.75. The number of amides is 3. The number of carbonyl (C=O) groups excluding carboxylic acids is 3. The van der Waals surface area contributed by atoms with Gasteiger partial charge in [0.1, 0.15) is 35.7 Å². The topological polar surface area (TPSA) is 152 Å². The van der Waals surface area contributed by atoms with Gasteiger partial charge < -0.3 is 30.5 Å². The normalized spacial score (nSPS) is 15.2. The number of carbonyl (C=O) groups is 3. The third-order valence-electron chi connectivity index (χ3n) is 6.61. The van der Waals surface area contributed by atoms with Crippen LogP contribution < -0.4 is 10.6 Å². The van der Waals surface area contributed by atoms with Gasteiger partial charge in [-0.2, -0.15) is 5.26 Å². The van der Waals surface area contributed by atoms with E-state index in [0.29, 0.717) is 11.1 Å². The molecule has 2 unspecified atom stereocenters. The SMILES string of the molecule is CC(C)(C)OC(=O)NC(Cc1ccc(O)cc1)C(=O)N(CC#N)C(C(=O)NC1CCCCC1)c1ccc(O)cc1. The second-order valence-electron chi connectivity index (χ2n) is 11.0. The van der Waals surface area contributed by atoms with Crippen LogP contribution in [0.3, 0.4) is 0 Å². The van der Waals surface area contributed by atoms with Gasteiger partial charge in [-0.05, 0) is 69.0 Å². The molecule has 3 rings (SSSR count). The minimum atomic E-state index is -1.19. The van der Waals surface area contributed by atoms with Gasteiger partial charge in [0, 0.05) is 12.5 Å². The minimum absolute atomic E-state index is 0.00912. The maximum Gasteiger partial charge on any atom is 0.408 e. The maximum absolute atomic E-state index is 14.1. The van der Waals surface area contributed by atoms with E-state index in [9.17, 15) is 29.9 Å². The van der Waals surface area contributed by atoms with Crippen molar-refractivity contribution >= 4 is 17.9 Å². The zero-order chi connectivity index (χ0) is 29.3. The first-order valence-corrected chi connectivity index (χ1v) is 13.5. The van der Waals surface area contributed by atoms with Crippen LogP contribution in [0.1, 0.15) is 70.0 Å². The molecule has 1 saturated carbocycles. The predicted octanol–water partition coefficient (Wildman–Crippen LogP) is 4.08. The summed E-state index contributed by atoms with van der Waals surface area (Å²) >= 11 is 0. The number of nitrogens with one attached hydrogen (secondary N) is 2. The molecule has 10 nitrogen and oxygen atoms in total. The van der Waals surface area contributed by atoms with E-state index in [4.69, 9.17) is 4.74 Å². The average Bonchev–Trinajstić information content (AvgIpc) is 2.89. The molecule has 10 heteroatoms. The van der Waals surface area contributed by atoms with Crippen molar-refractivity contribution in [1.82, 2.24) is 15.5 Å². The Balaban J connectivity index is 1.98. The van der Waals surface area contributed by atoms with Crippen molar-refractivity contribution in [1.29, 1.82) is 5.26 Å². The molecule has 0 radical (unpaired) electrons. The van der Waals surface area contributed by atoms with Crippen LogP contribution >= 0.6 is 0 Å². The molecule has 214 valence electrons. The highest BCUT2D eigenvalue weighted by Crippen LogP contribution is 2.27. The van der Waals surface area contributed by atoms with Crippen molar-refractivity contribution < 1.29 is 29.3 Å². The van der Waals surface area contributed by atoms with E-state index in [1.807, 2.05) is 6.07 Å². The van der Waals surface area contributed by atoms with Crippen molar-refractivity contribution in [3.63, 3.8) is 0 Å². The summed E-state index contributed by atoms with van der Waals surface area (Å²) in [6, 6.07) is 11.6. The van der Waals surface area contributed by atoms with E-state index in [0.717, 1.165) is 37.0 Å². The smallest absolute Gasteiger partial charge is 0.408 e. The molecule has 1 fully saturated rings. The lowest BCUT2D eigenvalue weighted by Gasteiger charge is -2.34. The van der Waals surface area contributed by atoms with Gasteiger partial charge in [-0.25, -0.2) is 4.79 Å². The Hall–Kier alpha value is -4.26. The predicted molar refractivity (Wildman–Crippen MR) is 148 cm³/mol. The number of ether oxygens (including phenoxy) is 1. The monoisotopic (exact) mass is 550 g/mol. The largest absolute Gasteiger partial charge is 0.508 e. The third kappa shape index (κ3) is 8.90. The number of benzene rings is 2. The molecule has 0 aliphatic heterocycles. The van der Waals surface area contributed by atoms with E-state index in [1.54, 1.807) is 32.9 Å². The molecular formula is C30H38N4O6. The Bertz CT molecular complexity index is 1190. The van der Waals surface area contributed by atoms with Crippen LogP contribution in [0.15, 0.2) is 48.5 Å². The number of alkyl carbamates (subject to hydrolysis) is 1. The minimum Gasteiger partial charge on any atom is -0.508 e. The molecule has 1 aliphatic carbocycles. The highest BCUT2D eigenvalue weighted by molar-refractivity contribution is 5.92. The fraction of sp³-hybridized carbons (Fsp3) is 0.467. The number of hydrogen-bond acceptors (Lipinski definition) is 7. The summed E-state index contributed by atoms with van der Waals surface area (Å²) in [5.74, 6) is -1.06. The first kappa shape index (κ1) is 30.3. The Morgan fingerprint density at radius 3 is 2.12 bits per heavy atom. The standard InChI is InChI=1S/C30H38N4O6/c1-30(2,3)40-29(39)33-25(19-20-9-13-23(35)14-10-20)28(38)34(18-17-31)26(21-11-15-24(36)16-12-21)27(37)32-22-7-5-4-6-8-22/h9-16,22,25-26,35-36H,4-8,18-19H2,1-3H3,(H,32,37)(H,33,39). The molecule has 0 aromatic heterocycles. The van der Waals surface area contributed by atoms with Gasteiger partial charge in [0.15, 0.2) is 0 Å². The van der Waals surface area contributed by atoms with Crippen molar-refractivity contribution in [3.05, 3.63) is 59.7 Å². The summed E-state index contributed by atoms with van der Waals surface area (Å²) in [5.41, 5.74) is 0.226. The number of phenols is 2. The highest BCUT2D eigenvalue weighted by atomic mass is 16.6. The molecule has 3 amide bonds. The lowest BCUT2D eigenvalue weighted by molar-refractivity contribution is -0.142. The highest BCUT2D eigenvalue weighted by Gasteiger charge is 2.37. The summed E-state index contributed by atoms with van der Waals surface area (Å²) in [7, 11) is 0. The molecule has 4 N–H and O–H groups in total. The van der Waals surface area contributed by atoms with Crippen LogP contribution in [0.25, 0.3) is 0 Å². The van der Waals surface area contributed by atoms with Gasteiger partial charge in [0.2, 0.25) is 11.8 Å². The van der Waals surface area contributed by atoms with Crippen LogP contribution in [0.5, 0.6) is 11.5 Å². The molecule has 2 aromatic rings. The van der Waals surface area contributed by atoms with Crippen molar-refractivity contribution in [2.75, 3.05) is 6.54 Å². The fourth-order valence-electron chi connectivity index (χ4n) is 4.75. The van der Waals surface area contributed by atoms with Crippen LogP contribution in [0.4, 0.5) is 4.79 Å². The van der Waals surface area contributed by atoms with E-state index < -0.39 is 42.1 Å². The number of hydrogen-bond donors (Lipinski definition) is 4. The van der Waals surface area contributed by atoms with E-state index in [-0.39, 0.29) is 24.0 Å². The Kier molecular flexibility index (Phi) is 10.4. The van der Waals surface area contributed by atoms with Gasteiger partial charge in [-0.15, -0.1) is 0 Å². The summed E-state index contributed by atoms with van der Waals surface area (Å²) in [4.78, 5) is 41.7. The van der Waals surface area contributed by atoms with Crippen molar-refractivity contribution in [2.24, 2.45) is 0 Å². The van der Waals surface area contributed by atoms with Gasteiger partial charge in [0.05, 0.1) is 6.07 Å². The average molecular weight is 551 g/mol. The first-order valence-electron chi connectivity index (χ1n) is 13.5. The Morgan fingerprint density at radius 1 is 1.00 bits per heavy atom. The molecule has 0 spiro atoms. The van der Waals surface area contributed by atoms with Gasteiger partial charge in [-0.1, -0.05) is 43.5 Å². The van der Waals surface area contributed by atoms with E-state index in [1.165, 1.54) is 36.4 Å². The van der Waals surface area contributed by atoms with E-state index >= 15 is 0 Å². The van der Waals surface area contributed by atoms with Crippen molar-refractivity contribution in [2.45, 2.75) is 83.0 Å². The second-order valence-corrected chi connectivity index (χ2v) is 11.0. The number of rotatable bonds is 9. The van der Waals surface area contributed by atoms with Crippen molar-refractivity contribution in [3.8, 4) is 17.6 Å². The van der Waals surface area contributed by atoms with E-state index in [2.05, 4.69) is 10.6 Å². The maximum atomic E-state index is 14.1. The van der Waals surface area contributed by atoms with Crippen LogP contribution in [-0.2, 0) is 20.7 Å². The molecule has 0 bridgehead atoms. The van der Waals surface area contributed by atoms with Gasteiger partial charge >= 0.3 is 6.09 Å². The zero-order valence-corrected chi connectivity index (χ0v) is 23.2. The third-order valence-corrected chi connectivity index (χ3v) is 6.61. The summed E-state index contributed by atoms with van der Waals surface area (Å²) in [5, 5.41) is 34.9. The molecule has 2 aromatic carbocycles. The van der Waals surface area contributed by atoms with Gasteiger partial charge in [0.25, 0.3) is 0 Å². The lowest BCUT2D eigenvalue weighted by atomic mass is 9.94. The molecule has 0 saturated heterocycles. The summed E-state index contributed by atoms with van der Waals surface area (Å²) in [6.07, 6.45) is 3.92. The van der Waals surface area contributed by atoms with Crippen LogP contribution in [0, 0.1) is 11.3 Å². The molecule has 2 atom stereocenters. The molecule has 0 heterocycles. The molecule has 40 heavy (non-hydrogen) atoms. The Labute approximate surface area is 234 Å². The van der Waals surface area contributed by atoms with Crippen LogP contribution in [0.2, 0.25) is 0 Å². The molecular weight excluding hydrogens is 512 g/mol. The van der Waals surface area contributed by atoms with Crippen LogP contribution in [-0.4, -0.2) is 57.3 Å². The second kappa shape index (κ2) is 13.7. The summed E-state index contributed by atoms with van der Waals surface area (Å²) in [6.45, 7) is 4.66. The number of nitrogens with zero attached hydrogens (tertiary/aromatic N) is 2. The molecule has 1 aliphatic rings. The Morgan fingerprint density at radius 2 is 1.57 bits per heavy atom. The number of aromatic hydroxyl groups is 2. The number of phenolic OH excluding ortho intramolecular Hbond substituents is 2. The number of nitriles is 1. The summed E-state index contributed by atoms with van der Waals surface area (Å²) < 4.78 is 5.39.